The molecule has 3 rings (SSSR count). The van der Waals surface area contributed by atoms with E-state index in [0.717, 1.165) is 0 Å². The SMILES string of the molecule is CCOc1ccc(S(=O)(=O)Nc2ccccc2C(=O)NNC(=O)Nc2cccc(Cl)c2)cc1. The Bertz CT molecular complexity index is 1250. The predicted octanol–water partition coefficient (Wildman–Crippen LogP) is 4.01. The quantitative estimate of drug-likeness (QED) is 0.374. The summed E-state index contributed by atoms with van der Waals surface area (Å²) in [6.07, 6.45) is 0. The van der Waals surface area contributed by atoms with Crippen LogP contribution >= 0.6 is 11.6 Å². The molecule has 3 amide bonds. The topological polar surface area (TPSA) is 126 Å². The number of halogens is 1. The minimum Gasteiger partial charge on any atom is -0.494 e. The Hall–Kier alpha value is -3.76. The number of carbonyl (C=O) groups excluding carboxylic acids is 2. The lowest BCUT2D eigenvalue weighted by Gasteiger charge is -2.14. The fraction of sp³-hybridized carbons (Fsp3) is 0.0909. The summed E-state index contributed by atoms with van der Waals surface area (Å²) in [6.45, 7) is 2.28. The van der Waals surface area contributed by atoms with E-state index < -0.39 is 22.0 Å². The molecule has 9 nitrogen and oxygen atoms in total. The van der Waals surface area contributed by atoms with Gasteiger partial charge in [-0.05, 0) is 61.5 Å². The molecule has 0 aliphatic heterocycles. The molecule has 0 aromatic heterocycles. The van der Waals surface area contributed by atoms with Crippen LogP contribution in [-0.2, 0) is 10.0 Å². The van der Waals surface area contributed by atoms with Crippen LogP contribution in [-0.4, -0.2) is 27.0 Å². The highest BCUT2D eigenvalue weighted by atomic mass is 35.5. The summed E-state index contributed by atoms with van der Waals surface area (Å²) in [6, 6.07) is 17.6. The van der Waals surface area contributed by atoms with Crippen molar-refractivity contribution in [3.8, 4) is 5.75 Å². The monoisotopic (exact) mass is 488 g/mol. The molecule has 3 aromatic carbocycles. The van der Waals surface area contributed by atoms with Crippen molar-refractivity contribution in [2.24, 2.45) is 0 Å². The van der Waals surface area contributed by atoms with E-state index in [1.165, 1.54) is 30.3 Å². The van der Waals surface area contributed by atoms with Crippen molar-refractivity contribution in [1.29, 1.82) is 0 Å². The Morgan fingerprint density at radius 3 is 2.36 bits per heavy atom. The second-order valence-corrected chi connectivity index (χ2v) is 8.72. The first-order valence-electron chi connectivity index (χ1n) is 9.76. The van der Waals surface area contributed by atoms with Gasteiger partial charge in [0.25, 0.3) is 15.9 Å². The maximum absolute atomic E-state index is 12.8. The maximum Gasteiger partial charge on any atom is 0.337 e. The van der Waals surface area contributed by atoms with Gasteiger partial charge in [0.05, 0.1) is 22.8 Å². The molecule has 0 heterocycles. The largest absolute Gasteiger partial charge is 0.494 e. The molecular weight excluding hydrogens is 468 g/mol. The first kappa shape index (κ1) is 23.9. The number of anilines is 2. The zero-order chi connectivity index (χ0) is 23.8. The number of hydrogen-bond acceptors (Lipinski definition) is 5. The Kier molecular flexibility index (Phi) is 7.75. The number of benzene rings is 3. The van der Waals surface area contributed by atoms with Crippen molar-refractivity contribution in [3.63, 3.8) is 0 Å². The average Bonchev–Trinajstić information content (AvgIpc) is 2.78. The third-order valence-corrected chi connectivity index (χ3v) is 5.85. The standard InChI is InChI=1S/C22H21ClN4O5S/c1-2-32-17-10-12-18(13-11-17)33(30,31)27-20-9-4-3-8-19(20)21(28)25-26-22(29)24-16-7-5-6-15(23)14-16/h3-14,27H,2H2,1H3,(H,25,28)(H2,24,26,29). The van der Waals surface area contributed by atoms with Gasteiger partial charge in [-0.2, -0.15) is 0 Å². The molecule has 0 atom stereocenters. The van der Waals surface area contributed by atoms with Gasteiger partial charge < -0.3 is 10.1 Å². The molecule has 4 N–H and O–H groups in total. The van der Waals surface area contributed by atoms with Crippen molar-refractivity contribution >= 4 is 44.9 Å². The van der Waals surface area contributed by atoms with Gasteiger partial charge in [0.15, 0.2) is 0 Å². The average molecular weight is 489 g/mol. The summed E-state index contributed by atoms with van der Waals surface area (Å²) in [5, 5.41) is 2.94. The van der Waals surface area contributed by atoms with Crippen molar-refractivity contribution in [3.05, 3.63) is 83.4 Å². The van der Waals surface area contributed by atoms with E-state index in [-0.39, 0.29) is 16.1 Å². The van der Waals surface area contributed by atoms with Gasteiger partial charge in [-0.15, -0.1) is 0 Å². The first-order valence-corrected chi connectivity index (χ1v) is 11.6. The molecule has 3 aromatic rings. The van der Waals surface area contributed by atoms with E-state index >= 15 is 0 Å². The number of rotatable bonds is 7. The molecule has 0 spiro atoms. The third-order valence-electron chi connectivity index (χ3n) is 4.23. The van der Waals surface area contributed by atoms with Crippen LogP contribution in [0.3, 0.4) is 0 Å². The molecule has 0 bridgehead atoms. The molecule has 0 saturated carbocycles. The summed E-state index contributed by atoms with van der Waals surface area (Å²) in [7, 11) is -3.97. The first-order chi connectivity index (χ1) is 15.8. The summed E-state index contributed by atoms with van der Waals surface area (Å²) in [5.74, 6) is -0.181. The lowest BCUT2D eigenvalue weighted by molar-refractivity contribution is 0.0939. The third kappa shape index (κ3) is 6.61. The molecule has 0 aliphatic carbocycles. The van der Waals surface area contributed by atoms with Crippen LogP contribution in [0.15, 0.2) is 77.7 Å². The maximum atomic E-state index is 12.8. The number of hydrogen-bond donors (Lipinski definition) is 4. The van der Waals surface area contributed by atoms with Crippen LogP contribution in [0.5, 0.6) is 5.75 Å². The number of sulfonamides is 1. The van der Waals surface area contributed by atoms with E-state index in [1.54, 1.807) is 42.5 Å². The number of hydrazine groups is 1. The fourth-order valence-corrected chi connectivity index (χ4v) is 4.03. The molecule has 0 radical (unpaired) electrons. The summed E-state index contributed by atoms with van der Waals surface area (Å²) in [4.78, 5) is 24.6. The van der Waals surface area contributed by atoms with E-state index in [9.17, 15) is 18.0 Å². The summed E-state index contributed by atoms with van der Waals surface area (Å²) >= 11 is 5.87. The summed E-state index contributed by atoms with van der Waals surface area (Å²) < 4.78 is 33.3. The zero-order valence-electron chi connectivity index (χ0n) is 17.5. The molecule has 0 fully saturated rings. The van der Waals surface area contributed by atoms with Crippen molar-refractivity contribution < 1.29 is 22.7 Å². The van der Waals surface area contributed by atoms with Gasteiger partial charge in [-0.25, -0.2) is 18.6 Å². The van der Waals surface area contributed by atoms with Crippen LogP contribution < -0.4 is 25.6 Å². The fourth-order valence-electron chi connectivity index (χ4n) is 2.76. The molecule has 0 saturated heterocycles. The Labute approximate surface area is 196 Å². The van der Waals surface area contributed by atoms with Crippen molar-refractivity contribution in [2.45, 2.75) is 11.8 Å². The predicted molar refractivity (Wildman–Crippen MR) is 126 cm³/mol. The lowest BCUT2D eigenvalue weighted by atomic mass is 10.2. The van der Waals surface area contributed by atoms with Crippen molar-refractivity contribution in [1.82, 2.24) is 10.9 Å². The number of urea groups is 1. The lowest BCUT2D eigenvalue weighted by Crippen LogP contribution is -2.44. The number of nitrogens with one attached hydrogen (secondary N) is 4. The molecule has 0 unspecified atom stereocenters. The Balaban J connectivity index is 1.67. The van der Waals surface area contributed by atoms with Gasteiger partial charge >= 0.3 is 6.03 Å². The second-order valence-electron chi connectivity index (χ2n) is 6.60. The normalized spacial score (nSPS) is 10.7. The van der Waals surface area contributed by atoms with Gasteiger partial charge in [-0.3, -0.25) is 14.9 Å². The van der Waals surface area contributed by atoms with Crippen LogP contribution in [0.2, 0.25) is 5.02 Å². The number of amides is 3. The molecule has 33 heavy (non-hydrogen) atoms. The number of para-hydroxylation sites is 1. The zero-order valence-corrected chi connectivity index (χ0v) is 19.0. The van der Waals surface area contributed by atoms with Gasteiger partial charge in [0.1, 0.15) is 5.75 Å². The van der Waals surface area contributed by atoms with E-state index in [0.29, 0.717) is 23.1 Å². The molecule has 0 aliphatic rings. The molecule has 11 heteroatoms. The van der Waals surface area contributed by atoms with Crippen LogP contribution in [0.25, 0.3) is 0 Å². The highest BCUT2D eigenvalue weighted by Crippen LogP contribution is 2.22. The Morgan fingerprint density at radius 2 is 1.67 bits per heavy atom. The smallest absolute Gasteiger partial charge is 0.337 e. The van der Waals surface area contributed by atoms with E-state index in [1.807, 2.05) is 6.92 Å². The second kappa shape index (κ2) is 10.7. The van der Waals surface area contributed by atoms with E-state index in [2.05, 4.69) is 20.9 Å². The number of carbonyl (C=O) groups is 2. The van der Waals surface area contributed by atoms with Gasteiger partial charge in [0, 0.05) is 10.7 Å². The highest BCUT2D eigenvalue weighted by molar-refractivity contribution is 7.92. The van der Waals surface area contributed by atoms with Gasteiger partial charge in [-0.1, -0.05) is 29.8 Å². The number of ether oxygens (including phenoxy) is 1. The highest BCUT2D eigenvalue weighted by Gasteiger charge is 2.19. The van der Waals surface area contributed by atoms with Crippen LogP contribution in [0, 0.1) is 0 Å². The van der Waals surface area contributed by atoms with Crippen LogP contribution in [0.4, 0.5) is 16.2 Å². The van der Waals surface area contributed by atoms with E-state index in [4.69, 9.17) is 16.3 Å². The minimum atomic E-state index is -3.97. The minimum absolute atomic E-state index is 0.000175. The van der Waals surface area contributed by atoms with Crippen LogP contribution in [0.1, 0.15) is 17.3 Å². The van der Waals surface area contributed by atoms with Gasteiger partial charge in [0.2, 0.25) is 0 Å². The summed E-state index contributed by atoms with van der Waals surface area (Å²) in [5.41, 5.74) is 4.92. The molecule has 172 valence electrons. The van der Waals surface area contributed by atoms with Crippen molar-refractivity contribution in [2.75, 3.05) is 16.6 Å². The molecular formula is C22H21ClN4O5S. The Morgan fingerprint density at radius 1 is 0.939 bits per heavy atom.